The van der Waals surface area contributed by atoms with Gasteiger partial charge >= 0.3 is 5.97 Å². The molecule has 126 valence electrons. The van der Waals surface area contributed by atoms with Crippen molar-refractivity contribution in [3.05, 3.63) is 59.7 Å². The van der Waals surface area contributed by atoms with Gasteiger partial charge in [0, 0.05) is 6.92 Å². The van der Waals surface area contributed by atoms with Gasteiger partial charge in [0.2, 0.25) is 0 Å². The van der Waals surface area contributed by atoms with Gasteiger partial charge in [0.1, 0.15) is 23.1 Å². The zero-order valence-electron chi connectivity index (χ0n) is 13.8. The molecule has 0 fully saturated rings. The van der Waals surface area contributed by atoms with E-state index >= 15 is 0 Å². The van der Waals surface area contributed by atoms with Crippen LogP contribution in [0.4, 0.5) is 5.69 Å². The van der Waals surface area contributed by atoms with Gasteiger partial charge in [0.05, 0.1) is 12.8 Å². The molecule has 2 aromatic rings. The minimum atomic E-state index is -0.545. The highest BCUT2D eigenvalue weighted by Crippen LogP contribution is 2.24. The summed E-state index contributed by atoms with van der Waals surface area (Å²) in [5, 5.41) is 11.9. The Bertz CT molecular complexity index is 848. The van der Waals surface area contributed by atoms with E-state index in [1.807, 2.05) is 6.07 Å². The topological polar surface area (TPSA) is 88.4 Å². The highest BCUT2D eigenvalue weighted by Gasteiger charge is 2.12. The van der Waals surface area contributed by atoms with Gasteiger partial charge in [-0.05, 0) is 35.9 Å². The molecule has 0 aliphatic heterocycles. The Hall–Kier alpha value is -3.59. The van der Waals surface area contributed by atoms with Crippen LogP contribution in [0.1, 0.15) is 12.5 Å². The molecule has 6 nitrogen and oxygen atoms in total. The van der Waals surface area contributed by atoms with Crippen molar-refractivity contribution in [1.29, 1.82) is 5.26 Å². The maximum absolute atomic E-state index is 12.3. The molecule has 0 aliphatic carbocycles. The summed E-state index contributed by atoms with van der Waals surface area (Å²) >= 11 is 0. The summed E-state index contributed by atoms with van der Waals surface area (Å²) in [6.07, 6.45) is 1.45. The van der Waals surface area contributed by atoms with Crippen LogP contribution >= 0.6 is 0 Å². The molecule has 2 aromatic carbocycles. The molecule has 1 amide bonds. The van der Waals surface area contributed by atoms with E-state index in [4.69, 9.17) is 9.47 Å². The Morgan fingerprint density at radius 1 is 1.12 bits per heavy atom. The molecule has 25 heavy (non-hydrogen) atoms. The monoisotopic (exact) mass is 336 g/mol. The molecule has 0 saturated heterocycles. The Kier molecular flexibility index (Phi) is 5.91. The first kappa shape index (κ1) is 17.8. The number of nitriles is 1. The average molecular weight is 336 g/mol. The fraction of sp³-hybridized carbons (Fsp3) is 0.105. The Balaban J connectivity index is 2.18. The third kappa shape index (κ3) is 4.94. The van der Waals surface area contributed by atoms with Crippen molar-refractivity contribution in [2.45, 2.75) is 6.92 Å². The number of hydrogen-bond donors (Lipinski definition) is 1. The Morgan fingerprint density at radius 2 is 1.80 bits per heavy atom. The predicted molar refractivity (Wildman–Crippen MR) is 93.0 cm³/mol. The molecule has 1 N–H and O–H groups in total. The second kappa shape index (κ2) is 8.31. The van der Waals surface area contributed by atoms with E-state index in [0.717, 1.165) is 0 Å². The largest absolute Gasteiger partial charge is 0.495 e. The Labute approximate surface area is 145 Å². The summed E-state index contributed by atoms with van der Waals surface area (Å²) < 4.78 is 10.1. The van der Waals surface area contributed by atoms with Gasteiger partial charge in [-0.25, -0.2) is 0 Å². The lowest BCUT2D eigenvalue weighted by molar-refractivity contribution is -0.131. The van der Waals surface area contributed by atoms with Crippen LogP contribution in [0.25, 0.3) is 6.08 Å². The van der Waals surface area contributed by atoms with Crippen molar-refractivity contribution in [3.63, 3.8) is 0 Å². The van der Waals surface area contributed by atoms with Crippen molar-refractivity contribution in [3.8, 4) is 17.6 Å². The first-order valence-electron chi connectivity index (χ1n) is 7.38. The van der Waals surface area contributed by atoms with Crippen LogP contribution in [0.2, 0.25) is 0 Å². The van der Waals surface area contributed by atoms with E-state index in [2.05, 4.69) is 5.32 Å². The molecular formula is C19H16N2O4. The molecule has 0 unspecified atom stereocenters. The predicted octanol–water partition coefficient (Wildman–Crippen LogP) is 3.17. The third-order valence-corrected chi connectivity index (χ3v) is 3.17. The first-order valence-corrected chi connectivity index (χ1v) is 7.38. The zero-order valence-corrected chi connectivity index (χ0v) is 13.8. The highest BCUT2D eigenvalue weighted by molar-refractivity contribution is 6.10. The summed E-state index contributed by atoms with van der Waals surface area (Å²) in [6, 6.07) is 15.3. The minimum Gasteiger partial charge on any atom is -0.495 e. The van der Waals surface area contributed by atoms with Crippen LogP contribution in [0.3, 0.4) is 0 Å². The van der Waals surface area contributed by atoms with Crippen molar-refractivity contribution >= 4 is 23.6 Å². The van der Waals surface area contributed by atoms with Crippen molar-refractivity contribution in [2.75, 3.05) is 12.4 Å². The average Bonchev–Trinajstić information content (AvgIpc) is 2.61. The van der Waals surface area contributed by atoms with Gasteiger partial charge in [0.15, 0.2) is 0 Å². The number of rotatable bonds is 5. The number of ether oxygens (including phenoxy) is 2. The van der Waals surface area contributed by atoms with E-state index < -0.39 is 11.9 Å². The molecular weight excluding hydrogens is 320 g/mol. The van der Waals surface area contributed by atoms with Crippen LogP contribution in [0, 0.1) is 11.3 Å². The summed E-state index contributed by atoms with van der Waals surface area (Å²) in [5.41, 5.74) is 1.04. The zero-order chi connectivity index (χ0) is 18.2. The number of benzene rings is 2. The number of hydrogen-bond acceptors (Lipinski definition) is 5. The van der Waals surface area contributed by atoms with E-state index in [-0.39, 0.29) is 5.57 Å². The van der Waals surface area contributed by atoms with Gasteiger partial charge in [-0.15, -0.1) is 0 Å². The SMILES string of the molecule is COc1ccccc1NC(=O)/C(C#N)=C/c1ccc(OC(C)=O)cc1. The number of amides is 1. The molecule has 0 aromatic heterocycles. The second-order valence-corrected chi connectivity index (χ2v) is 4.99. The van der Waals surface area contributed by atoms with Gasteiger partial charge < -0.3 is 14.8 Å². The van der Waals surface area contributed by atoms with Crippen molar-refractivity contribution in [1.82, 2.24) is 0 Å². The summed E-state index contributed by atoms with van der Waals surface area (Å²) in [6.45, 7) is 1.31. The molecule has 0 spiro atoms. The summed E-state index contributed by atoms with van der Waals surface area (Å²) in [7, 11) is 1.50. The molecule has 2 rings (SSSR count). The van der Waals surface area contributed by atoms with Crippen molar-refractivity contribution < 1.29 is 19.1 Å². The maximum Gasteiger partial charge on any atom is 0.308 e. The highest BCUT2D eigenvalue weighted by atomic mass is 16.5. The van der Waals surface area contributed by atoms with E-state index in [0.29, 0.717) is 22.7 Å². The number of carbonyl (C=O) groups is 2. The standard InChI is InChI=1S/C19H16N2O4/c1-13(22)25-16-9-7-14(8-10-16)11-15(12-20)19(23)21-17-5-3-4-6-18(17)24-2/h3-11H,1-2H3,(H,21,23)/b15-11+. The lowest BCUT2D eigenvalue weighted by Crippen LogP contribution is -2.14. The Morgan fingerprint density at radius 3 is 2.40 bits per heavy atom. The van der Waals surface area contributed by atoms with E-state index in [1.54, 1.807) is 48.5 Å². The number of esters is 1. The first-order chi connectivity index (χ1) is 12.0. The number of nitrogens with one attached hydrogen (secondary N) is 1. The number of nitrogens with zero attached hydrogens (tertiary/aromatic N) is 1. The molecule has 0 bridgehead atoms. The molecule has 0 radical (unpaired) electrons. The van der Waals surface area contributed by atoms with Crippen LogP contribution < -0.4 is 14.8 Å². The maximum atomic E-state index is 12.3. The number of para-hydroxylation sites is 2. The van der Waals surface area contributed by atoms with Gasteiger partial charge in [0.25, 0.3) is 5.91 Å². The lowest BCUT2D eigenvalue weighted by Gasteiger charge is -2.09. The smallest absolute Gasteiger partial charge is 0.308 e. The fourth-order valence-corrected chi connectivity index (χ4v) is 2.05. The molecule has 0 heterocycles. The lowest BCUT2D eigenvalue weighted by atomic mass is 10.1. The summed E-state index contributed by atoms with van der Waals surface area (Å²) in [5.74, 6) is -0.0752. The number of carbonyl (C=O) groups excluding carboxylic acids is 2. The molecule has 0 aliphatic rings. The van der Waals surface area contributed by atoms with Crippen LogP contribution in [-0.2, 0) is 9.59 Å². The fourth-order valence-electron chi connectivity index (χ4n) is 2.05. The van der Waals surface area contributed by atoms with Crippen LogP contribution in [0.5, 0.6) is 11.5 Å². The molecule has 0 saturated carbocycles. The van der Waals surface area contributed by atoms with Gasteiger partial charge in [-0.2, -0.15) is 5.26 Å². The van der Waals surface area contributed by atoms with Gasteiger partial charge in [-0.3, -0.25) is 9.59 Å². The molecule has 6 heteroatoms. The van der Waals surface area contributed by atoms with Crippen LogP contribution in [-0.4, -0.2) is 19.0 Å². The quantitative estimate of drug-likeness (QED) is 0.392. The number of methoxy groups -OCH3 is 1. The normalized spacial score (nSPS) is 10.5. The number of anilines is 1. The van der Waals surface area contributed by atoms with Crippen molar-refractivity contribution in [2.24, 2.45) is 0 Å². The van der Waals surface area contributed by atoms with E-state index in [1.165, 1.54) is 20.1 Å². The van der Waals surface area contributed by atoms with Crippen LogP contribution in [0.15, 0.2) is 54.1 Å². The minimum absolute atomic E-state index is 0.0638. The van der Waals surface area contributed by atoms with Gasteiger partial charge in [-0.1, -0.05) is 24.3 Å². The third-order valence-electron chi connectivity index (χ3n) is 3.17. The van der Waals surface area contributed by atoms with E-state index in [9.17, 15) is 14.9 Å². The summed E-state index contributed by atoms with van der Waals surface area (Å²) in [4.78, 5) is 23.2. The second-order valence-electron chi connectivity index (χ2n) is 4.99. The molecule has 0 atom stereocenters.